The van der Waals surface area contributed by atoms with Crippen LogP contribution < -0.4 is 10.7 Å². The summed E-state index contributed by atoms with van der Waals surface area (Å²) < 4.78 is 0. The van der Waals surface area contributed by atoms with Gasteiger partial charge in [-0.2, -0.15) is 5.10 Å². The van der Waals surface area contributed by atoms with Gasteiger partial charge in [0, 0.05) is 5.56 Å². The van der Waals surface area contributed by atoms with E-state index in [-0.39, 0.29) is 5.91 Å². The van der Waals surface area contributed by atoms with E-state index in [2.05, 4.69) is 46.8 Å². The molecular weight excluding hydrogens is 424 g/mol. The van der Waals surface area contributed by atoms with E-state index in [0.29, 0.717) is 20.9 Å². The Balaban J connectivity index is 1.53. The minimum Gasteiger partial charge on any atom is -0.311 e. The molecule has 2 aromatic heterocycles. The number of benzene rings is 2. The van der Waals surface area contributed by atoms with Crippen LogP contribution in [0.25, 0.3) is 11.3 Å². The van der Waals surface area contributed by atoms with Crippen molar-refractivity contribution in [2.45, 2.75) is 19.8 Å². The quantitative estimate of drug-likeness (QED) is 0.245. The van der Waals surface area contributed by atoms with Crippen molar-refractivity contribution in [3.63, 3.8) is 0 Å². The lowest BCUT2D eigenvalue weighted by Gasteiger charge is -2.04. The molecule has 0 aliphatic carbocycles. The zero-order valence-corrected chi connectivity index (χ0v) is 18.8. The molecule has 2 heterocycles. The van der Waals surface area contributed by atoms with Crippen molar-refractivity contribution in [2.75, 3.05) is 10.7 Å². The van der Waals surface area contributed by atoms with Crippen LogP contribution in [0.4, 0.5) is 10.1 Å². The molecule has 0 bridgehead atoms. The highest BCUT2D eigenvalue weighted by molar-refractivity contribution is 7.20. The Labute approximate surface area is 189 Å². The molecule has 0 unspecified atom stereocenters. The predicted octanol–water partition coefficient (Wildman–Crippen LogP) is 6.69. The number of thiophene rings is 1. The highest BCUT2D eigenvalue weighted by Gasteiger charge is 2.16. The first-order valence-corrected chi connectivity index (χ1v) is 11.6. The summed E-state index contributed by atoms with van der Waals surface area (Å²) in [6.07, 6.45) is 1.76. The van der Waals surface area contributed by atoms with Gasteiger partial charge in [0.2, 0.25) is 5.13 Å². The molecule has 4 aromatic rings. The molecule has 0 atom stereocenters. The fraction of sp³-hybridized carbons (Fsp3) is 0.125. The Morgan fingerprint density at radius 3 is 2.48 bits per heavy atom. The number of thiazole rings is 1. The summed E-state index contributed by atoms with van der Waals surface area (Å²) >= 11 is 2.76. The number of amides is 1. The first kappa shape index (κ1) is 21.0. The Kier molecular flexibility index (Phi) is 6.54. The second-order valence-corrected chi connectivity index (χ2v) is 9.13. The lowest BCUT2D eigenvalue weighted by Crippen LogP contribution is -2.09. The number of nitrogens with zero attached hydrogens (tertiary/aromatic N) is 2. The predicted molar refractivity (Wildman–Crippen MR) is 132 cm³/mol. The topological polar surface area (TPSA) is 66.4 Å². The van der Waals surface area contributed by atoms with Crippen LogP contribution in [0.1, 0.15) is 40.6 Å². The van der Waals surface area contributed by atoms with E-state index in [0.717, 1.165) is 16.8 Å². The zero-order valence-electron chi connectivity index (χ0n) is 17.2. The molecule has 5 nitrogen and oxygen atoms in total. The Morgan fingerprint density at radius 2 is 1.81 bits per heavy atom. The average molecular weight is 447 g/mol. The van der Waals surface area contributed by atoms with Crippen molar-refractivity contribution in [1.29, 1.82) is 0 Å². The molecule has 0 fully saturated rings. The summed E-state index contributed by atoms with van der Waals surface area (Å²) in [5, 5.41) is 10.5. The van der Waals surface area contributed by atoms with E-state index >= 15 is 0 Å². The highest BCUT2D eigenvalue weighted by atomic mass is 32.1. The number of rotatable bonds is 7. The van der Waals surface area contributed by atoms with Gasteiger partial charge < -0.3 is 5.32 Å². The summed E-state index contributed by atoms with van der Waals surface area (Å²) in [6.45, 7) is 4.35. The molecule has 0 aliphatic heterocycles. The largest absolute Gasteiger partial charge is 0.311 e. The summed E-state index contributed by atoms with van der Waals surface area (Å²) in [6, 6.07) is 21.8. The van der Waals surface area contributed by atoms with Gasteiger partial charge in [-0.25, -0.2) is 4.98 Å². The molecule has 4 rings (SSSR count). The normalized spacial score (nSPS) is 11.2. The molecule has 1 amide bonds. The third kappa shape index (κ3) is 5.25. The maximum atomic E-state index is 12.6. The number of hydrogen-bond acceptors (Lipinski definition) is 6. The molecule has 0 spiro atoms. The molecule has 0 radical (unpaired) electrons. The second-order valence-electron chi connectivity index (χ2n) is 7.19. The maximum absolute atomic E-state index is 12.6. The zero-order chi connectivity index (χ0) is 21.6. The highest BCUT2D eigenvalue weighted by Crippen LogP contribution is 2.36. The van der Waals surface area contributed by atoms with E-state index in [1.165, 1.54) is 28.2 Å². The van der Waals surface area contributed by atoms with E-state index in [1.54, 1.807) is 12.3 Å². The summed E-state index contributed by atoms with van der Waals surface area (Å²) in [7, 11) is 0. The maximum Gasteiger partial charge on any atom is 0.266 e. The van der Waals surface area contributed by atoms with Gasteiger partial charge in [0.05, 0.1) is 11.1 Å². The fourth-order valence-corrected chi connectivity index (χ4v) is 4.40. The number of carbonyl (C=O) groups excluding carboxylic acids is 1. The van der Waals surface area contributed by atoms with Crippen LogP contribution in [0.5, 0.6) is 0 Å². The Bertz CT molecular complexity index is 1160. The first-order chi connectivity index (χ1) is 15.1. The number of aromatic nitrogens is 1. The van der Waals surface area contributed by atoms with Gasteiger partial charge in [-0.1, -0.05) is 85.8 Å². The van der Waals surface area contributed by atoms with Crippen LogP contribution in [0.3, 0.4) is 0 Å². The number of nitrogens with one attached hydrogen (secondary N) is 2. The third-order valence-corrected chi connectivity index (χ3v) is 6.37. The molecule has 2 N–H and O–H groups in total. The van der Waals surface area contributed by atoms with Gasteiger partial charge in [-0.3, -0.25) is 10.2 Å². The van der Waals surface area contributed by atoms with Crippen molar-refractivity contribution in [3.05, 3.63) is 88.1 Å². The van der Waals surface area contributed by atoms with Crippen molar-refractivity contribution in [2.24, 2.45) is 5.10 Å². The summed E-state index contributed by atoms with van der Waals surface area (Å²) in [5.41, 5.74) is 6.94. The van der Waals surface area contributed by atoms with Gasteiger partial charge in [-0.05, 0) is 28.5 Å². The van der Waals surface area contributed by atoms with Crippen molar-refractivity contribution >= 4 is 44.9 Å². The molecule has 31 heavy (non-hydrogen) atoms. The Hall–Kier alpha value is -3.29. The smallest absolute Gasteiger partial charge is 0.266 e. The number of hydrazone groups is 1. The summed E-state index contributed by atoms with van der Waals surface area (Å²) in [4.78, 5) is 17.9. The third-order valence-electron chi connectivity index (χ3n) is 4.62. The number of carbonyl (C=O) groups is 1. The van der Waals surface area contributed by atoms with Crippen LogP contribution >= 0.6 is 22.7 Å². The van der Waals surface area contributed by atoms with Gasteiger partial charge in [0.1, 0.15) is 10.7 Å². The standard InChI is InChI=1S/C24H22N4OS2/c1-16(2)18-12-10-17(11-13-18)15-25-28-24-26-21(19-7-4-3-5-8-19)23(31-24)27-22(29)20-9-6-14-30-20/h3-16H,1-2H3,(H,26,28)(H,27,29)/b25-15-. The number of hydrogen-bond donors (Lipinski definition) is 2. The van der Waals surface area contributed by atoms with Gasteiger partial charge in [-0.15, -0.1) is 11.3 Å². The van der Waals surface area contributed by atoms with Gasteiger partial charge >= 0.3 is 0 Å². The van der Waals surface area contributed by atoms with Crippen LogP contribution in [0, 0.1) is 0 Å². The minimum atomic E-state index is -0.142. The molecule has 7 heteroatoms. The Morgan fingerprint density at radius 1 is 1.03 bits per heavy atom. The van der Waals surface area contributed by atoms with Crippen molar-refractivity contribution in [3.8, 4) is 11.3 Å². The van der Waals surface area contributed by atoms with Crippen LogP contribution in [0.2, 0.25) is 0 Å². The molecule has 0 aliphatic rings. The van der Waals surface area contributed by atoms with E-state index in [1.807, 2.05) is 53.9 Å². The van der Waals surface area contributed by atoms with Gasteiger partial charge in [0.25, 0.3) is 5.91 Å². The second kappa shape index (κ2) is 9.68. The van der Waals surface area contributed by atoms with Gasteiger partial charge in [0.15, 0.2) is 0 Å². The molecule has 2 aromatic carbocycles. The molecular formula is C24H22N4OS2. The minimum absolute atomic E-state index is 0.142. The molecule has 156 valence electrons. The monoisotopic (exact) mass is 446 g/mol. The van der Waals surface area contributed by atoms with Crippen molar-refractivity contribution < 1.29 is 4.79 Å². The van der Waals surface area contributed by atoms with Crippen LogP contribution in [-0.2, 0) is 0 Å². The number of anilines is 2. The lowest BCUT2D eigenvalue weighted by atomic mass is 10.0. The lowest BCUT2D eigenvalue weighted by molar-refractivity contribution is 0.103. The van der Waals surface area contributed by atoms with E-state index < -0.39 is 0 Å². The van der Waals surface area contributed by atoms with Crippen LogP contribution in [-0.4, -0.2) is 17.1 Å². The molecule has 0 saturated heterocycles. The van der Waals surface area contributed by atoms with Crippen LogP contribution in [0.15, 0.2) is 77.2 Å². The molecule has 0 saturated carbocycles. The fourth-order valence-electron chi connectivity index (χ4n) is 2.95. The van der Waals surface area contributed by atoms with E-state index in [4.69, 9.17) is 0 Å². The SMILES string of the molecule is CC(C)c1ccc(/C=N\Nc2nc(-c3ccccc3)c(NC(=O)c3cccs3)s2)cc1. The average Bonchev–Trinajstić information content (AvgIpc) is 3.45. The van der Waals surface area contributed by atoms with Crippen molar-refractivity contribution in [1.82, 2.24) is 4.98 Å². The summed E-state index contributed by atoms with van der Waals surface area (Å²) in [5.74, 6) is 0.356. The first-order valence-electron chi connectivity index (χ1n) is 9.90. The van der Waals surface area contributed by atoms with E-state index in [9.17, 15) is 4.79 Å².